The van der Waals surface area contributed by atoms with E-state index in [2.05, 4.69) is 15.3 Å². The number of aromatic amines is 1. The third-order valence-electron chi connectivity index (χ3n) is 2.54. The van der Waals surface area contributed by atoms with E-state index in [9.17, 15) is 14.4 Å². The monoisotopic (exact) mass is 273 g/mol. The number of amides is 1. The third kappa shape index (κ3) is 2.89. The maximum Gasteiger partial charge on any atom is 0.354 e. The zero-order valence-corrected chi connectivity index (χ0v) is 10.5. The molecule has 0 atom stereocenters. The fourth-order valence-electron chi connectivity index (χ4n) is 1.54. The second-order valence-electron chi connectivity index (χ2n) is 4.03. The molecule has 7 heteroatoms. The summed E-state index contributed by atoms with van der Waals surface area (Å²) in [5.41, 5.74) is 0.416. The molecule has 102 valence electrons. The van der Waals surface area contributed by atoms with E-state index >= 15 is 0 Å². The number of carboxylic acids is 1. The first-order valence-corrected chi connectivity index (χ1v) is 5.68. The number of rotatable bonds is 4. The van der Waals surface area contributed by atoms with Crippen molar-refractivity contribution in [1.82, 2.24) is 9.97 Å². The van der Waals surface area contributed by atoms with Gasteiger partial charge in [0, 0.05) is 11.8 Å². The number of carbonyl (C=O) groups excluding carboxylic acids is 2. The molecule has 0 bridgehead atoms. The number of pyridine rings is 1. The summed E-state index contributed by atoms with van der Waals surface area (Å²) in [6.45, 7) is 1.39. The minimum Gasteiger partial charge on any atom is -0.477 e. The molecule has 0 aliphatic heterocycles. The summed E-state index contributed by atoms with van der Waals surface area (Å²) >= 11 is 0. The van der Waals surface area contributed by atoms with E-state index in [-0.39, 0.29) is 23.0 Å². The number of aromatic nitrogens is 2. The summed E-state index contributed by atoms with van der Waals surface area (Å²) in [4.78, 5) is 40.2. The molecule has 0 spiro atoms. The normalized spacial score (nSPS) is 10.1. The Morgan fingerprint density at radius 1 is 1.30 bits per heavy atom. The maximum atomic E-state index is 11.9. The molecule has 0 radical (unpaired) electrons. The van der Waals surface area contributed by atoms with Gasteiger partial charge >= 0.3 is 5.97 Å². The molecule has 7 nitrogen and oxygen atoms in total. The van der Waals surface area contributed by atoms with Crippen molar-refractivity contribution in [3.8, 4) is 0 Å². The summed E-state index contributed by atoms with van der Waals surface area (Å²) in [5, 5.41) is 11.3. The van der Waals surface area contributed by atoms with E-state index in [0.717, 1.165) is 0 Å². The lowest BCUT2D eigenvalue weighted by Gasteiger charge is -2.03. The fraction of sp³-hybridized carbons (Fsp3) is 0.0769. The van der Waals surface area contributed by atoms with Gasteiger partial charge in [-0.25, -0.2) is 9.78 Å². The van der Waals surface area contributed by atoms with Crippen molar-refractivity contribution in [2.75, 3.05) is 5.32 Å². The number of anilines is 1. The SMILES string of the molecule is CC(=O)c1c[nH]c(C(=O)Nc2cccc(C(=O)O)n2)c1. The van der Waals surface area contributed by atoms with Crippen molar-refractivity contribution in [3.05, 3.63) is 47.4 Å². The predicted octanol–water partition coefficient (Wildman–Crippen LogP) is 1.56. The van der Waals surface area contributed by atoms with Crippen LogP contribution in [0.5, 0.6) is 0 Å². The molecule has 2 aromatic heterocycles. The smallest absolute Gasteiger partial charge is 0.354 e. The highest BCUT2D eigenvalue weighted by molar-refractivity contribution is 6.05. The number of carbonyl (C=O) groups is 3. The van der Waals surface area contributed by atoms with E-state index in [1.54, 1.807) is 0 Å². The highest BCUT2D eigenvalue weighted by Crippen LogP contribution is 2.09. The van der Waals surface area contributed by atoms with Crippen LogP contribution < -0.4 is 5.32 Å². The van der Waals surface area contributed by atoms with E-state index in [0.29, 0.717) is 5.56 Å². The number of hydrogen-bond donors (Lipinski definition) is 3. The van der Waals surface area contributed by atoms with Crippen LogP contribution in [0, 0.1) is 0 Å². The average molecular weight is 273 g/mol. The van der Waals surface area contributed by atoms with Gasteiger partial charge in [0.2, 0.25) is 0 Å². The van der Waals surface area contributed by atoms with Gasteiger partial charge in [-0.3, -0.25) is 9.59 Å². The van der Waals surface area contributed by atoms with Crippen molar-refractivity contribution < 1.29 is 19.5 Å². The average Bonchev–Trinajstić information content (AvgIpc) is 2.88. The molecule has 0 aromatic carbocycles. The largest absolute Gasteiger partial charge is 0.477 e. The lowest BCUT2D eigenvalue weighted by atomic mass is 10.2. The lowest BCUT2D eigenvalue weighted by Crippen LogP contribution is -2.14. The highest BCUT2D eigenvalue weighted by atomic mass is 16.4. The Kier molecular flexibility index (Phi) is 3.60. The molecule has 2 rings (SSSR count). The van der Waals surface area contributed by atoms with Crippen molar-refractivity contribution >= 4 is 23.5 Å². The van der Waals surface area contributed by atoms with Crippen LogP contribution >= 0.6 is 0 Å². The molecule has 2 heterocycles. The number of ketones is 1. The zero-order valence-electron chi connectivity index (χ0n) is 10.5. The summed E-state index contributed by atoms with van der Waals surface area (Å²) in [6, 6.07) is 5.68. The van der Waals surface area contributed by atoms with Crippen LogP contribution in [0.25, 0.3) is 0 Å². The molecule has 2 aromatic rings. The first-order chi connectivity index (χ1) is 9.47. The van der Waals surface area contributed by atoms with Crippen LogP contribution in [0.3, 0.4) is 0 Å². The van der Waals surface area contributed by atoms with Crippen molar-refractivity contribution in [3.63, 3.8) is 0 Å². The van der Waals surface area contributed by atoms with E-state index < -0.39 is 11.9 Å². The van der Waals surface area contributed by atoms with Crippen LogP contribution in [-0.2, 0) is 0 Å². The maximum absolute atomic E-state index is 11.9. The zero-order chi connectivity index (χ0) is 14.7. The quantitative estimate of drug-likeness (QED) is 0.732. The standard InChI is InChI=1S/C13H11N3O4/c1-7(17)8-5-10(14-6-8)12(18)16-11-4-2-3-9(15-11)13(19)20/h2-6,14H,1H3,(H,19,20)(H,15,16,18). The van der Waals surface area contributed by atoms with Gasteiger partial charge < -0.3 is 15.4 Å². The minimum atomic E-state index is -1.18. The van der Waals surface area contributed by atoms with Gasteiger partial charge in [-0.15, -0.1) is 0 Å². The topological polar surface area (TPSA) is 112 Å². The molecule has 0 fully saturated rings. The van der Waals surface area contributed by atoms with Crippen molar-refractivity contribution in [1.29, 1.82) is 0 Å². The summed E-state index contributed by atoms with van der Waals surface area (Å²) in [7, 11) is 0. The van der Waals surface area contributed by atoms with Crippen LogP contribution in [0.1, 0.15) is 38.3 Å². The van der Waals surface area contributed by atoms with Gasteiger partial charge in [0.25, 0.3) is 5.91 Å². The number of nitrogens with one attached hydrogen (secondary N) is 2. The third-order valence-corrected chi connectivity index (χ3v) is 2.54. The van der Waals surface area contributed by atoms with E-state index in [4.69, 9.17) is 5.11 Å². The Balaban J connectivity index is 2.16. The molecule has 20 heavy (non-hydrogen) atoms. The number of carboxylic acid groups (broad SMARTS) is 1. The molecule has 0 unspecified atom stereocenters. The molecule has 0 saturated heterocycles. The van der Waals surface area contributed by atoms with E-state index in [1.807, 2.05) is 0 Å². The summed E-state index contributed by atoms with van der Waals surface area (Å²) < 4.78 is 0. The molecule has 1 amide bonds. The molecule has 0 aliphatic carbocycles. The summed E-state index contributed by atoms with van der Waals surface area (Å²) in [5.74, 6) is -1.73. The number of aromatic carboxylic acids is 1. The summed E-state index contributed by atoms with van der Waals surface area (Å²) in [6.07, 6.45) is 1.43. The first kappa shape index (κ1) is 13.5. The Labute approximate surface area is 113 Å². The minimum absolute atomic E-state index is 0.119. The number of H-pyrrole nitrogens is 1. The molecular weight excluding hydrogens is 262 g/mol. The van der Waals surface area contributed by atoms with Gasteiger partial charge in [-0.1, -0.05) is 6.07 Å². The second kappa shape index (κ2) is 5.35. The lowest BCUT2D eigenvalue weighted by molar-refractivity contribution is 0.0690. The van der Waals surface area contributed by atoms with E-state index in [1.165, 1.54) is 37.4 Å². The second-order valence-corrected chi connectivity index (χ2v) is 4.03. The first-order valence-electron chi connectivity index (χ1n) is 5.68. The fourth-order valence-corrected chi connectivity index (χ4v) is 1.54. The Hall–Kier alpha value is -2.96. The predicted molar refractivity (Wildman–Crippen MR) is 69.9 cm³/mol. The van der Waals surface area contributed by atoms with Crippen LogP contribution in [0.4, 0.5) is 5.82 Å². The van der Waals surface area contributed by atoms with Crippen molar-refractivity contribution in [2.45, 2.75) is 6.92 Å². The van der Waals surface area contributed by atoms with Gasteiger partial charge in [0.05, 0.1) is 0 Å². The Morgan fingerprint density at radius 2 is 2.05 bits per heavy atom. The van der Waals surface area contributed by atoms with Crippen LogP contribution in [-0.4, -0.2) is 32.7 Å². The van der Waals surface area contributed by atoms with Gasteiger partial charge in [0.15, 0.2) is 11.5 Å². The van der Waals surface area contributed by atoms with Gasteiger partial charge in [-0.2, -0.15) is 0 Å². The number of hydrogen-bond acceptors (Lipinski definition) is 4. The number of nitrogens with zero attached hydrogens (tertiary/aromatic N) is 1. The van der Waals surface area contributed by atoms with Gasteiger partial charge in [-0.05, 0) is 25.1 Å². The number of Topliss-reactive ketones (excluding diaryl/α,β-unsaturated/α-hetero) is 1. The van der Waals surface area contributed by atoms with Crippen LogP contribution in [0.2, 0.25) is 0 Å². The Morgan fingerprint density at radius 3 is 2.65 bits per heavy atom. The molecule has 3 N–H and O–H groups in total. The highest BCUT2D eigenvalue weighted by Gasteiger charge is 2.12. The molecule has 0 saturated carbocycles. The molecular formula is C13H11N3O4. The van der Waals surface area contributed by atoms with Crippen LogP contribution in [0.15, 0.2) is 30.5 Å². The van der Waals surface area contributed by atoms with Crippen molar-refractivity contribution in [2.24, 2.45) is 0 Å². The molecule has 0 aliphatic rings. The van der Waals surface area contributed by atoms with Gasteiger partial charge in [0.1, 0.15) is 11.5 Å². The Bertz CT molecular complexity index is 690.